The number of ether oxygens (including phenoxy) is 1. The fourth-order valence-corrected chi connectivity index (χ4v) is 1.73. The molecule has 1 aromatic rings. The number of nitrogens with zero attached hydrogens (tertiary/aromatic N) is 2. The van der Waals surface area contributed by atoms with Crippen molar-refractivity contribution in [1.82, 2.24) is 9.88 Å². The maximum absolute atomic E-state index is 11.3. The van der Waals surface area contributed by atoms with Gasteiger partial charge in [-0.2, -0.15) is 0 Å². The van der Waals surface area contributed by atoms with Crippen LogP contribution in [0.1, 0.15) is 12.6 Å². The van der Waals surface area contributed by atoms with E-state index in [0.29, 0.717) is 24.8 Å². The summed E-state index contributed by atoms with van der Waals surface area (Å²) in [6, 6.07) is 5.02. The number of halogens is 1. The van der Waals surface area contributed by atoms with Crippen LogP contribution in [0.4, 0.5) is 0 Å². The van der Waals surface area contributed by atoms with Gasteiger partial charge in [-0.25, -0.2) is 4.98 Å². The second kappa shape index (κ2) is 7.31. The number of carbonyl (C=O) groups is 1. The Hall–Kier alpha value is -1.17. The Bertz CT molecular complexity index is 401. The number of hydrogen-bond donors (Lipinski definition) is 1. The molecule has 0 bridgehead atoms. The quantitative estimate of drug-likeness (QED) is 0.753. The van der Waals surface area contributed by atoms with Crippen LogP contribution in [0.25, 0.3) is 0 Å². The molecule has 0 aliphatic rings. The number of amides is 1. The molecular weight excluding hydrogens is 254 g/mol. The molecule has 5 nitrogen and oxygen atoms in total. The number of hydrogen-bond acceptors (Lipinski definition) is 4. The molecule has 0 unspecified atom stereocenters. The molecule has 0 spiro atoms. The minimum atomic E-state index is -0.374. The third-order valence-corrected chi connectivity index (χ3v) is 2.89. The largest absolute Gasteiger partial charge is 0.383 e. The predicted molar refractivity (Wildman–Crippen MR) is 70.2 cm³/mol. The van der Waals surface area contributed by atoms with Gasteiger partial charge >= 0.3 is 0 Å². The number of methoxy groups -OCH3 is 1. The van der Waals surface area contributed by atoms with Crippen LogP contribution in [0, 0.1) is 0 Å². The Balaban J connectivity index is 2.74. The normalized spacial score (nSPS) is 12.7. The molecule has 1 aromatic heterocycles. The first kappa shape index (κ1) is 14.9. The molecule has 0 aliphatic heterocycles. The van der Waals surface area contributed by atoms with Gasteiger partial charge in [0.15, 0.2) is 0 Å². The summed E-state index contributed by atoms with van der Waals surface area (Å²) in [7, 11) is 1.62. The Kier molecular flexibility index (Phi) is 6.04. The van der Waals surface area contributed by atoms with Crippen molar-refractivity contribution in [2.24, 2.45) is 5.73 Å². The van der Waals surface area contributed by atoms with Gasteiger partial charge in [0.05, 0.1) is 18.3 Å². The molecule has 0 radical (unpaired) electrons. The number of nitrogens with two attached hydrogens (primary N) is 1. The number of pyridine rings is 1. The van der Waals surface area contributed by atoms with Gasteiger partial charge in [0.2, 0.25) is 5.91 Å². The molecule has 1 atom stereocenters. The van der Waals surface area contributed by atoms with E-state index in [1.807, 2.05) is 17.0 Å². The first-order chi connectivity index (χ1) is 8.54. The van der Waals surface area contributed by atoms with Gasteiger partial charge in [-0.3, -0.25) is 9.69 Å². The molecular formula is C12H18ClN3O2. The molecule has 0 aliphatic carbocycles. The van der Waals surface area contributed by atoms with E-state index in [-0.39, 0.29) is 11.9 Å². The van der Waals surface area contributed by atoms with Crippen LogP contribution >= 0.6 is 11.6 Å². The Morgan fingerprint density at radius 1 is 1.61 bits per heavy atom. The fraction of sp³-hybridized carbons (Fsp3) is 0.500. The summed E-state index contributed by atoms with van der Waals surface area (Å²) in [5.74, 6) is -0.367. The van der Waals surface area contributed by atoms with Crippen LogP contribution in [0.2, 0.25) is 5.15 Å². The van der Waals surface area contributed by atoms with Crippen LogP contribution in [-0.4, -0.2) is 42.1 Å². The lowest BCUT2D eigenvalue weighted by Gasteiger charge is -2.26. The topological polar surface area (TPSA) is 68.4 Å². The minimum Gasteiger partial charge on any atom is -0.383 e. The molecule has 18 heavy (non-hydrogen) atoms. The molecule has 0 saturated carbocycles. The van der Waals surface area contributed by atoms with E-state index in [2.05, 4.69) is 4.98 Å². The highest BCUT2D eigenvalue weighted by molar-refractivity contribution is 6.29. The molecule has 1 amide bonds. The lowest BCUT2D eigenvalue weighted by atomic mass is 10.2. The highest BCUT2D eigenvalue weighted by atomic mass is 35.5. The number of aromatic nitrogens is 1. The van der Waals surface area contributed by atoms with Crippen molar-refractivity contribution in [3.8, 4) is 0 Å². The van der Waals surface area contributed by atoms with E-state index in [1.54, 1.807) is 20.1 Å². The van der Waals surface area contributed by atoms with Gasteiger partial charge in [-0.15, -0.1) is 0 Å². The highest BCUT2D eigenvalue weighted by Crippen LogP contribution is 2.10. The standard InChI is InChI=1S/C12H18ClN3O2/c1-9(12(14)17)16(6-7-18-2)8-10-4-3-5-11(13)15-10/h3-5,9H,6-8H2,1-2H3,(H2,14,17)/t9-/m1/s1. The van der Waals surface area contributed by atoms with E-state index in [4.69, 9.17) is 22.1 Å². The second-order valence-corrected chi connectivity index (χ2v) is 4.38. The molecule has 2 N–H and O–H groups in total. The Morgan fingerprint density at radius 3 is 2.89 bits per heavy atom. The van der Waals surface area contributed by atoms with E-state index in [1.165, 1.54) is 0 Å². The summed E-state index contributed by atoms with van der Waals surface area (Å²) in [4.78, 5) is 17.4. The van der Waals surface area contributed by atoms with Gasteiger partial charge in [-0.1, -0.05) is 17.7 Å². The van der Waals surface area contributed by atoms with Crippen molar-refractivity contribution in [2.45, 2.75) is 19.5 Å². The number of rotatable bonds is 7. The van der Waals surface area contributed by atoms with Crippen LogP contribution in [0.3, 0.4) is 0 Å². The van der Waals surface area contributed by atoms with Gasteiger partial charge < -0.3 is 10.5 Å². The van der Waals surface area contributed by atoms with Crippen LogP contribution in [0.5, 0.6) is 0 Å². The van der Waals surface area contributed by atoms with Crippen LogP contribution < -0.4 is 5.73 Å². The lowest BCUT2D eigenvalue weighted by molar-refractivity contribution is -0.123. The first-order valence-electron chi connectivity index (χ1n) is 5.68. The zero-order valence-corrected chi connectivity index (χ0v) is 11.4. The monoisotopic (exact) mass is 271 g/mol. The minimum absolute atomic E-state index is 0.367. The summed E-state index contributed by atoms with van der Waals surface area (Å²) in [6.07, 6.45) is 0. The van der Waals surface area contributed by atoms with Gasteiger partial charge in [0, 0.05) is 20.2 Å². The molecule has 0 aromatic carbocycles. The van der Waals surface area contributed by atoms with Crippen molar-refractivity contribution in [2.75, 3.05) is 20.3 Å². The zero-order chi connectivity index (χ0) is 13.5. The molecule has 6 heteroatoms. The third-order valence-electron chi connectivity index (χ3n) is 2.68. The second-order valence-electron chi connectivity index (χ2n) is 3.99. The number of carbonyl (C=O) groups excluding carboxylic acids is 1. The van der Waals surface area contributed by atoms with Crippen molar-refractivity contribution in [3.63, 3.8) is 0 Å². The van der Waals surface area contributed by atoms with E-state index in [0.717, 1.165) is 5.69 Å². The summed E-state index contributed by atoms with van der Waals surface area (Å²) >= 11 is 5.83. The molecule has 1 rings (SSSR count). The van der Waals surface area contributed by atoms with Crippen molar-refractivity contribution < 1.29 is 9.53 Å². The van der Waals surface area contributed by atoms with Crippen molar-refractivity contribution in [3.05, 3.63) is 29.0 Å². The molecule has 1 heterocycles. The summed E-state index contributed by atoms with van der Waals surface area (Å²) in [5, 5.41) is 0.436. The van der Waals surface area contributed by atoms with Crippen molar-refractivity contribution in [1.29, 1.82) is 0 Å². The van der Waals surface area contributed by atoms with Gasteiger partial charge in [-0.05, 0) is 19.1 Å². The van der Waals surface area contributed by atoms with Gasteiger partial charge in [0.25, 0.3) is 0 Å². The SMILES string of the molecule is COCCN(Cc1cccc(Cl)n1)[C@H](C)C(N)=O. The fourth-order valence-electron chi connectivity index (χ4n) is 1.54. The predicted octanol–water partition coefficient (Wildman–Crippen LogP) is 1.06. The van der Waals surface area contributed by atoms with Crippen LogP contribution in [0.15, 0.2) is 18.2 Å². The van der Waals surface area contributed by atoms with Crippen LogP contribution in [-0.2, 0) is 16.1 Å². The summed E-state index contributed by atoms with van der Waals surface area (Å²) in [6.45, 7) is 3.41. The Labute approximate surface area is 112 Å². The highest BCUT2D eigenvalue weighted by Gasteiger charge is 2.19. The lowest BCUT2D eigenvalue weighted by Crippen LogP contribution is -2.43. The van der Waals surface area contributed by atoms with Crippen molar-refractivity contribution >= 4 is 17.5 Å². The summed E-state index contributed by atoms with van der Waals surface area (Å²) in [5.41, 5.74) is 6.12. The third kappa shape index (κ3) is 4.60. The van der Waals surface area contributed by atoms with E-state index < -0.39 is 0 Å². The maximum atomic E-state index is 11.3. The average molecular weight is 272 g/mol. The average Bonchev–Trinajstić information content (AvgIpc) is 2.33. The summed E-state index contributed by atoms with van der Waals surface area (Å²) < 4.78 is 5.02. The van der Waals surface area contributed by atoms with E-state index >= 15 is 0 Å². The van der Waals surface area contributed by atoms with E-state index in [9.17, 15) is 4.79 Å². The number of primary amides is 1. The zero-order valence-electron chi connectivity index (χ0n) is 10.6. The maximum Gasteiger partial charge on any atom is 0.234 e. The van der Waals surface area contributed by atoms with Gasteiger partial charge in [0.1, 0.15) is 5.15 Å². The first-order valence-corrected chi connectivity index (χ1v) is 6.06. The smallest absolute Gasteiger partial charge is 0.234 e. The molecule has 100 valence electrons. The molecule has 0 saturated heterocycles. The Morgan fingerprint density at radius 2 is 2.33 bits per heavy atom. The molecule has 0 fully saturated rings.